The molecule has 1 aliphatic rings. The molecule has 0 aromatic heterocycles. The summed E-state index contributed by atoms with van der Waals surface area (Å²) in [5, 5.41) is 0. The molecule has 1 heterocycles. The van der Waals surface area contributed by atoms with Crippen LogP contribution in [0.25, 0.3) is 0 Å². The second-order valence-corrected chi connectivity index (χ2v) is 7.15. The molecule has 0 bridgehead atoms. The molecule has 124 valence electrons. The highest BCUT2D eigenvalue weighted by Gasteiger charge is 2.25. The molecule has 24 heavy (non-hydrogen) atoms. The van der Waals surface area contributed by atoms with Crippen molar-refractivity contribution in [2.45, 2.75) is 26.8 Å². The molecule has 1 atom stereocenters. The summed E-state index contributed by atoms with van der Waals surface area (Å²) >= 11 is 0. The predicted molar refractivity (Wildman–Crippen MR) is 101 cm³/mol. The molecule has 0 spiro atoms. The minimum Gasteiger partial charge on any atom is -0.497 e. The van der Waals surface area contributed by atoms with Gasteiger partial charge >= 0.3 is 0 Å². The highest BCUT2D eigenvalue weighted by atomic mass is 16.5. The zero-order valence-electron chi connectivity index (χ0n) is 14.9. The third-order valence-corrected chi connectivity index (χ3v) is 4.43. The van der Waals surface area contributed by atoms with Crippen molar-refractivity contribution >= 4 is 5.69 Å². The van der Waals surface area contributed by atoms with Gasteiger partial charge in [0.15, 0.2) is 0 Å². The number of nitrogens with zero attached hydrogens (tertiary/aromatic N) is 1. The maximum Gasteiger partial charge on any atom is 0.119 e. The van der Waals surface area contributed by atoms with Crippen LogP contribution in [0.1, 0.15) is 32.4 Å². The number of ether oxygens (including phenoxy) is 1. The molecular weight excluding hydrogens is 294 g/mol. The van der Waals surface area contributed by atoms with Crippen molar-refractivity contribution in [3.05, 3.63) is 84.1 Å². The number of anilines is 1. The van der Waals surface area contributed by atoms with Crippen LogP contribution in [0.3, 0.4) is 0 Å². The molecule has 2 aromatic rings. The van der Waals surface area contributed by atoms with E-state index in [0.29, 0.717) is 0 Å². The molecule has 2 aromatic carbocycles. The second-order valence-electron chi connectivity index (χ2n) is 7.15. The van der Waals surface area contributed by atoms with Gasteiger partial charge in [0.25, 0.3) is 0 Å². The average Bonchev–Trinajstić information content (AvgIpc) is 2.61. The largest absolute Gasteiger partial charge is 0.497 e. The third-order valence-electron chi connectivity index (χ3n) is 4.43. The smallest absolute Gasteiger partial charge is 0.119 e. The average molecular weight is 319 g/mol. The molecule has 2 nitrogen and oxygen atoms in total. The molecule has 0 radical (unpaired) electrons. The Kier molecular flexibility index (Phi) is 4.48. The molecule has 0 amide bonds. The Bertz CT molecular complexity index is 736. The Hall–Kier alpha value is -2.48. The lowest BCUT2D eigenvalue weighted by Gasteiger charge is -2.35. The Morgan fingerprint density at radius 3 is 2.17 bits per heavy atom. The van der Waals surface area contributed by atoms with Crippen LogP contribution >= 0.6 is 0 Å². The second kappa shape index (κ2) is 6.56. The minimum atomic E-state index is 0.134. The molecule has 2 heteroatoms. The van der Waals surface area contributed by atoms with Gasteiger partial charge in [-0.3, -0.25) is 0 Å². The van der Waals surface area contributed by atoms with Gasteiger partial charge in [-0.2, -0.15) is 0 Å². The van der Waals surface area contributed by atoms with Gasteiger partial charge in [0.2, 0.25) is 0 Å². The topological polar surface area (TPSA) is 12.5 Å². The van der Waals surface area contributed by atoms with Crippen LogP contribution in [0.4, 0.5) is 5.69 Å². The van der Waals surface area contributed by atoms with Gasteiger partial charge in [0.05, 0.1) is 13.2 Å². The van der Waals surface area contributed by atoms with Crippen LogP contribution in [0.5, 0.6) is 5.75 Å². The lowest BCUT2D eigenvalue weighted by atomic mass is 9.83. The van der Waals surface area contributed by atoms with E-state index in [1.54, 1.807) is 7.11 Å². The summed E-state index contributed by atoms with van der Waals surface area (Å²) < 4.78 is 5.28. The maximum absolute atomic E-state index is 5.28. The molecule has 1 aliphatic heterocycles. The van der Waals surface area contributed by atoms with E-state index >= 15 is 0 Å². The number of methoxy groups -OCH3 is 1. The van der Waals surface area contributed by atoms with Gasteiger partial charge < -0.3 is 9.64 Å². The summed E-state index contributed by atoms with van der Waals surface area (Å²) in [6.07, 6.45) is 6.79. The number of hydrogen-bond donors (Lipinski definition) is 0. The van der Waals surface area contributed by atoms with Crippen LogP contribution < -0.4 is 9.64 Å². The van der Waals surface area contributed by atoms with E-state index in [2.05, 4.69) is 86.5 Å². The summed E-state index contributed by atoms with van der Waals surface area (Å²) in [7, 11) is 1.70. The zero-order valence-corrected chi connectivity index (χ0v) is 14.9. The van der Waals surface area contributed by atoms with Crippen molar-refractivity contribution in [2.24, 2.45) is 5.41 Å². The first-order chi connectivity index (χ1) is 11.5. The van der Waals surface area contributed by atoms with Crippen LogP contribution in [0, 0.1) is 5.41 Å². The third kappa shape index (κ3) is 3.38. The standard InChI is InChI=1S/C22H25NO/c1-22(2,3)18-14-15-23(19-10-12-20(24-4)13-11-19)21(16-18)17-8-6-5-7-9-17/h5-16,21H,1-4H3. The first kappa shape index (κ1) is 16.4. The predicted octanol–water partition coefficient (Wildman–Crippen LogP) is 5.74. The molecule has 0 aliphatic carbocycles. The molecule has 3 rings (SSSR count). The van der Waals surface area contributed by atoms with E-state index in [9.17, 15) is 0 Å². The fourth-order valence-electron chi connectivity index (χ4n) is 2.97. The van der Waals surface area contributed by atoms with Crippen LogP contribution in [-0.2, 0) is 0 Å². The summed E-state index contributed by atoms with van der Waals surface area (Å²) in [5.74, 6) is 0.877. The molecule has 0 N–H and O–H groups in total. The Labute approximate surface area is 145 Å². The fraction of sp³-hybridized carbons (Fsp3) is 0.273. The lowest BCUT2D eigenvalue weighted by Crippen LogP contribution is -2.26. The van der Waals surface area contributed by atoms with E-state index in [-0.39, 0.29) is 11.5 Å². The Balaban J connectivity index is 2.01. The summed E-state index contributed by atoms with van der Waals surface area (Å²) in [5.41, 5.74) is 3.95. The lowest BCUT2D eigenvalue weighted by molar-refractivity contribution is 0.415. The van der Waals surface area contributed by atoms with E-state index in [1.165, 1.54) is 11.1 Å². The molecule has 0 fully saturated rings. The number of rotatable bonds is 3. The normalized spacial score (nSPS) is 17.6. The number of benzene rings is 2. The minimum absolute atomic E-state index is 0.134. The van der Waals surface area contributed by atoms with Gasteiger partial charge in [0, 0.05) is 11.9 Å². The van der Waals surface area contributed by atoms with Crippen LogP contribution in [0.15, 0.2) is 78.5 Å². The first-order valence-electron chi connectivity index (χ1n) is 8.37. The molecule has 1 unspecified atom stereocenters. The van der Waals surface area contributed by atoms with Crippen molar-refractivity contribution in [3.8, 4) is 5.75 Å². The molecular formula is C22H25NO. The number of hydrogen-bond acceptors (Lipinski definition) is 2. The van der Waals surface area contributed by atoms with Crippen LogP contribution in [-0.4, -0.2) is 7.11 Å². The summed E-state index contributed by atoms with van der Waals surface area (Å²) in [6.45, 7) is 6.77. The highest BCUT2D eigenvalue weighted by molar-refractivity contribution is 5.58. The number of allylic oxidation sites excluding steroid dienone is 2. The van der Waals surface area contributed by atoms with Gasteiger partial charge in [-0.1, -0.05) is 57.2 Å². The monoisotopic (exact) mass is 319 g/mol. The zero-order chi connectivity index (χ0) is 17.2. The van der Waals surface area contributed by atoms with Gasteiger partial charge in [-0.05, 0) is 46.9 Å². The van der Waals surface area contributed by atoms with Crippen molar-refractivity contribution in [2.75, 3.05) is 12.0 Å². The highest BCUT2D eigenvalue weighted by Crippen LogP contribution is 2.38. The fourth-order valence-corrected chi connectivity index (χ4v) is 2.97. The van der Waals surface area contributed by atoms with E-state index in [0.717, 1.165) is 11.4 Å². The van der Waals surface area contributed by atoms with E-state index in [1.807, 2.05) is 12.1 Å². The maximum atomic E-state index is 5.28. The first-order valence-corrected chi connectivity index (χ1v) is 8.37. The summed E-state index contributed by atoms with van der Waals surface area (Å²) in [4.78, 5) is 2.31. The Morgan fingerprint density at radius 1 is 0.917 bits per heavy atom. The van der Waals surface area contributed by atoms with Gasteiger partial charge in [-0.25, -0.2) is 0 Å². The van der Waals surface area contributed by atoms with Gasteiger partial charge in [-0.15, -0.1) is 0 Å². The van der Waals surface area contributed by atoms with Crippen LogP contribution in [0.2, 0.25) is 0 Å². The van der Waals surface area contributed by atoms with Crippen molar-refractivity contribution in [3.63, 3.8) is 0 Å². The van der Waals surface area contributed by atoms with Crippen molar-refractivity contribution in [1.29, 1.82) is 0 Å². The molecule has 0 saturated heterocycles. The quantitative estimate of drug-likeness (QED) is 0.715. The summed E-state index contributed by atoms with van der Waals surface area (Å²) in [6, 6.07) is 19.1. The van der Waals surface area contributed by atoms with E-state index in [4.69, 9.17) is 4.74 Å². The molecule has 0 saturated carbocycles. The van der Waals surface area contributed by atoms with Crippen molar-refractivity contribution < 1.29 is 4.74 Å². The van der Waals surface area contributed by atoms with E-state index < -0.39 is 0 Å². The Morgan fingerprint density at radius 2 is 1.58 bits per heavy atom. The van der Waals surface area contributed by atoms with Gasteiger partial charge in [0.1, 0.15) is 5.75 Å². The van der Waals surface area contributed by atoms with Crippen molar-refractivity contribution in [1.82, 2.24) is 0 Å². The SMILES string of the molecule is COc1ccc(N2C=CC(C(C)(C)C)=CC2c2ccccc2)cc1.